The van der Waals surface area contributed by atoms with E-state index in [1.165, 1.54) is 5.56 Å². The molecule has 3 rings (SSSR count). The van der Waals surface area contributed by atoms with E-state index in [0.29, 0.717) is 13.1 Å². The van der Waals surface area contributed by atoms with Gasteiger partial charge in [-0.15, -0.1) is 11.3 Å². The first kappa shape index (κ1) is 15.6. The van der Waals surface area contributed by atoms with Crippen molar-refractivity contribution in [3.63, 3.8) is 0 Å². The van der Waals surface area contributed by atoms with E-state index in [2.05, 4.69) is 32.5 Å². The Bertz CT molecular complexity index is 605. The maximum Gasteiger partial charge on any atom is 0.236 e. The highest BCUT2D eigenvalue weighted by atomic mass is 32.1. The number of carbonyl (C=O) groups is 1. The minimum atomic E-state index is 0.206. The van der Waals surface area contributed by atoms with Crippen LogP contribution in [0.15, 0.2) is 22.2 Å². The zero-order chi connectivity index (χ0) is 15.4. The highest BCUT2D eigenvalue weighted by Gasteiger charge is 2.18. The summed E-state index contributed by atoms with van der Waals surface area (Å²) in [6, 6.07) is 2.09. The first-order valence-corrected chi connectivity index (χ1v) is 9.18. The fraction of sp³-hybridized carbons (Fsp3) is 0.467. The van der Waals surface area contributed by atoms with Crippen LogP contribution in [0.3, 0.4) is 0 Å². The predicted octanol–water partition coefficient (Wildman–Crippen LogP) is 1.74. The molecule has 0 unspecified atom stereocenters. The third kappa shape index (κ3) is 3.92. The van der Waals surface area contributed by atoms with Crippen molar-refractivity contribution in [2.45, 2.75) is 6.54 Å². The molecule has 0 aromatic carbocycles. The number of thiazole rings is 1. The third-order valence-electron chi connectivity index (χ3n) is 3.63. The van der Waals surface area contributed by atoms with E-state index in [9.17, 15) is 4.79 Å². The number of aromatic nitrogens is 1. The van der Waals surface area contributed by atoms with Gasteiger partial charge in [0.1, 0.15) is 5.01 Å². The van der Waals surface area contributed by atoms with E-state index in [-0.39, 0.29) is 5.91 Å². The first-order chi connectivity index (χ1) is 10.7. The zero-order valence-electron chi connectivity index (χ0n) is 12.6. The highest BCUT2D eigenvalue weighted by Crippen LogP contribution is 2.25. The number of nitrogens with zero attached hydrogens (tertiary/aromatic N) is 3. The number of hydrogen-bond acceptors (Lipinski definition) is 6. The van der Waals surface area contributed by atoms with Crippen molar-refractivity contribution in [2.24, 2.45) is 0 Å². The molecular formula is C15H20N4OS2. The van der Waals surface area contributed by atoms with Gasteiger partial charge in [-0.05, 0) is 18.5 Å². The average Bonchev–Trinajstić information content (AvgIpc) is 3.19. The molecule has 1 aliphatic heterocycles. The molecule has 7 heteroatoms. The number of carbonyl (C=O) groups excluding carboxylic acids is 1. The van der Waals surface area contributed by atoms with E-state index >= 15 is 0 Å². The van der Waals surface area contributed by atoms with Gasteiger partial charge in [0.25, 0.3) is 0 Å². The summed E-state index contributed by atoms with van der Waals surface area (Å²) in [5, 5.41) is 10.6. The smallest absolute Gasteiger partial charge is 0.236 e. The molecule has 0 aliphatic carbocycles. The van der Waals surface area contributed by atoms with Crippen molar-refractivity contribution >= 4 is 28.6 Å². The number of likely N-dealkylation sites (N-methyl/N-ethyl adjacent to an activating group) is 1. The molecule has 0 radical (unpaired) electrons. The number of rotatable bonds is 5. The maximum absolute atomic E-state index is 12.2. The minimum Gasteiger partial charge on any atom is -0.339 e. The molecule has 5 nitrogen and oxygen atoms in total. The van der Waals surface area contributed by atoms with Gasteiger partial charge in [0.2, 0.25) is 5.91 Å². The second-order valence-corrected chi connectivity index (χ2v) is 7.10. The van der Waals surface area contributed by atoms with Gasteiger partial charge >= 0.3 is 0 Å². The summed E-state index contributed by atoms with van der Waals surface area (Å²) < 4.78 is 0. The summed E-state index contributed by atoms with van der Waals surface area (Å²) in [6.45, 7) is 4.57. The van der Waals surface area contributed by atoms with Gasteiger partial charge < -0.3 is 10.2 Å². The minimum absolute atomic E-state index is 0.206. The third-order valence-corrected chi connectivity index (χ3v) is 5.25. The second kappa shape index (κ2) is 7.32. The van der Waals surface area contributed by atoms with Gasteiger partial charge in [0.15, 0.2) is 0 Å². The topological polar surface area (TPSA) is 48.5 Å². The molecule has 0 atom stereocenters. The zero-order valence-corrected chi connectivity index (χ0v) is 14.3. The Morgan fingerprint density at radius 1 is 1.41 bits per heavy atom. The van der Waals surface area contributed by atoms with E-state index in [1.807, 2.05) is 16.8 Å². The molecule has 1 N–H and O–H groups in total. The van der Waals surface area contributed by atoms with Gasteiger partial charge in [-0.3, -0.25) is 9.69 Å². The molecule has 1 saturated heterocycles. The number of nitrogens with one attached hydrogen (secondary N) is 1. The normalized spacial score (nSPS) is 15.5. The van der Waals surface area contributed by atoms with Crippen LogP contribution >= 0.6 is 22.7 Å². The van der Waals surface area contributed by atoms with Crippen LogP contribution in [0, 0.1) is 0 Å². The molecule has 0 bridgehead atoms. The van der Waals surface area contributed by atoms with Crippen molar-refractivity contribution in [1.82, 2.24) is 20.1 Å². The molecular weight excluding hydrogens is 316 g/mol. The quantitative estimate of drug-likeness (QED) is 0.903. The van der Waals surface area contributed by atoms with Crippen LogP contribution in [-0.4, -0.2) is 60.5 Å². The van der Waals surface area contributed by atoms with Crippen LogP contribution in [0.1, 0.15) is 5.69 Å². The molecule has 2 aromatic rings. The maximum atomic E-state index is 12.2. The molecule has 1 aliphatic rings. The number of thiophene rings is 1. The van der Waals surface area contributed by atoms with Gasteiger partial charge in [0.05, 0.1) is 12.2 Å². The Labute approximate surface area is 138 Å². The molecule has 1 amide bonds. The Morgan fingerprint density at radius 2 is 2.23 bits per heavy atom. The first-order valence-electron chi connectivity index (χ1n) is 7.36. The fourth-order valence-corrected chi connectivity index (χ4v) is 4.00. The Morgan fingerprint density at radius 3 is 2.95 bits per heavy atom. The van der Waals surface area contributed by atoms with Crippen LogP contribution in [0.25, 0.3) is 10.6 Å². The van der Waals surface area contributed by atoms with Gasteiger partial charge in [0, 0.05) is 49.0 Å². The van der Waals surface area contributed by atoms with Gasteiger partial charge in [-0.1, -0.05) is 0 Å². The molecule has 0 saturated carbocycles. The lowest BCUT2D eigenvalue weighted by Gasteiger charge is -2.29. The van der Waals surface area contributed by atoms with Gasteiger partial charge in [-0.25, -0.2) is 4.98 Å². The van der Waals surface area contributed by atoms with Crippen LogP contribution in [0.2, 0.25) is 0 Å². The van der Waals surface area contributed by atoms with Crippen LogP contribution in [0.4, 0.5) is 0 Å². The lowest BCUT2D eigenvalue weighted by atomic mass is 10.3. The second-order valence-electron chi connectivity index (χ2n) is 5.46. The van der Waals surface area contributed by atoms with Crippen molar-refractivity contribution in [1.29, 1.82) is 0 Å². The van der Waals surface area contributed by atoms with E-state index in [4.69, 9.17) is 0 Å². The predicted molar refractivity (Wildman–Crippen MR) is 91.2 cm³/mol. The van der Waals surface area contributed by atoms with Crippen molar-refractivity contribution in [3.8, 4) is 10.6 Å². The molecule has 118 valence electrons. The van der Waals surface area contributed by atoms with Crippen LogP contribution in [-0.2, 0) is 11.3 Å². The van der Waals surface area contributed by atoms with Crippen molar-refractivity contribution in [2.75, 3.05) is 39.8 Å². The molecule has 2 aromatic heterocycles. The molecule has 1 fully saturated rings. The van der Waals surface area contributed by atoms with Crippen LogP contribution < -0.4 is 5.32 Å². The monoisotopic (exact) mass is 336 g/mol. The van der Waals surface area contributed by atoms with E-state index in [0.717, 1.165) is 36.9 Å². The lowest BCUT2D eigenvalue weighted by Crippen LogP contribution is -2.49. The van der Waals surface area contributed by atoms with E-state index < -0.39 is 0 Å². The Balaban J connectivity index is 1.53. The summed E-state index contributed by atoms with van der Waals surface area (Å²) in [5.74, 6) is 0.206. The summed E-state index contributed by atoms with van der Waals surface area (Å²) in [6.07, 6.45) is 0. The highest BCUT2D eigenvalue weighted by molar-refractivity contribution is 7.14. The molecule has 22 heavy (non-hydrogen) atoms. The summed E-state index contributed by atoms with van der Waals surface area (Å²) in [7, 11) is 1.98. The van der Waals surface area contributed by atoms with E-state index in [1.54, 1.807) is 22.7 Å². The fourth-order valence-electron chi connectivity index (χ4n) is 2.48. The number of piperazine rings is 1. The SMILES string of the molecule is CN(CC(=O)N1CCNCC1)Cc1csc(-c2ccsc2)n1. The average molecular weight is 336 g/mol. The Hall–Kier alpha value is -1.28. The molecule has 3 heterocycles. The Kier molecular flexibility index (Phi) is 5.20. The largest absolute Gasteiger partial charge is 0.339 e. The summed E-state index contributed by atoms with van der Waals surface area (Å²) in [5.41, 5.74) is 2.21. The summed E-state index contributed by atoms with van der Waals surface area (Å²) in [4.78, 5) is 20.9. The lowest BCUT2D eigenvalue weighted by molar-refractivity contribution is -0.132. The number of amides is 1. The van der Waals surface area contributed by atoms with Crippen LogP contribution in [0.5, 0.6) is 0 Å². The van der Waals surface area contributed by atoms with Crippen molar-refractivity contribution < 1.29 is 4.79 Å². The standard InChI is InChI=1S/C15H20N4OS2/c1-18(9-14(20)19-5-3-16-4-6-19)8-13-11-22-15(17-13)12-2-7-21-10-12/h2,7,10-11,16H,3-6,8-9H2,1H3. The number of hydrogen-bond donors (Lipinski definition) is 1. The summed E-state index contributed by atoms with van der Waals surface area (Å²) >= 11 is 3.34. The molecule has 0 spiro atoms. The van der Waals surface area contributed by atoms with Gasteiger partial charge in [-0.2, -0.15) is 11.3 Å². The van der Waals surface area contributed by atoms with Crippen molar-refractivity contribution in [3.05, 3.63) is 27.9 Å².